The van der Waals surface area contributed by atoms with Crippen LogP contribution >= 0.6 is 0 Å². The summed E-state index contributed by atoms with van der Waals surface area (Å²) < 4.78 is 11.4. The molecule has 0 aliphatic carbocycles. The van der Waals surface area contributed by atoms with E-state index >= 15 is 0 Å². The SMILES string of the molecule is CCOc1ccc(C(NC(=O)Cc2ccc3[nH]cc(CCC(=O)OC(C)(C)C)c3c2)c2ccccc2)c(N2CCCCC2)c1. The molecule has 1 atom stereocenters. The molecule has 1 aliphatic heterocycles. The summed E-state index contributed by atoms with van der Waals surface area (Å²) in [6, 6.07) is 22.2. The lowest BCUT2D eigenvalue weighted by atomic mass is 9.95. The van der Waals surface area contributed by atoms with Gasteiger partial charge in [-0.15, -0.1) is 0 Å². The number of aryl methyl sites for hydroxylation is 1. The highest BCUT2D eigenvalue weighted by Gasteiger charge is 2.24. The van der Waals surface area contributed by atoms with Crippen LogP contribution in [-0.4, -0.2) is 42.2 Å². The molecule has 1 aliphatic rings. The van der Waals surface area contributed by atoms with Gasteiger partial charge < -0.3 is 24.7 Å². The van der Waals surface area contributed by atoms with Gasteiger partial charge in [0, 0.05) is 53.9 Å². The number of nitrogens with zero attached hydrogens (tertiary/aromatic N) is 1. The Bertz CT molecular complexity index is 1560. The van der Waals surface area contributed by atoms with Crippen molar-refractivity contribution in [1.82, 2.24) is 10.3 Å². The number of benzene rings is 3. The number of rotatable bonds is 11. The predicted octanol–water partition coefficient (Wildman–Crippen LogP) is 7.28. The molecule has 1 saturated heterocycles. The summed E-state index contributed by atoms with van der Waals surface area (Å²) in [4.78, 5) is 31.8. The van der Waals surface area contributed by atoms with Crippen molar-refractivity contribution in [2.45, 2.75) is 77.9 Å². The van der Waals surface area contributed by atoms with Crippen LogP contribution in [0.25, 0.3) is 10.9 Å². The Morgan fingerprint density at radius 3 is 2.48 bits per heavy atom. The number of amides is 1. The van der Waals surface area contributed by atoms with E-state index in [4.69, 9.17) is 9.47 Å². The van der Waals surface area contributed by atoms with Crippen LogP contribution < -0.4 is 15.0 Å². The molecule has 1 aromatic heterocycles. The second kappa shape index (κ2) is 14.0. The average Bonchev–Trinajstić information content (AvgIpc) is 3.41. The summed E-state index contributed by atoms with van der Waals surface area (Å²) in [7, 11) is 0. The Kier molecular flexibility index (Phi) is 9.93. The molecular formula is C37H45N3O4. The minimum atomic E-state index is -0.505. The number of nitrogens with one attached hydrogen (secondary N) is 2. The number of ether oxygens (including phenoxy) is 2. The first-order valence-corrected chi connectivity index (χ1v) is 15.9. The second-order valence-electron chi connectivity index (χ2n) is 12.6. The molecular weight excluding hydrogens is 550 g/mol. The van der Waals surface area contributed by atoms with E-state index in [-0.39, 0.29) is 24.3 Å². The first-order valence-electron chi connectivity index (χ1n) is 15.9. The van der Waals surface area contributed by atoms with Crippen LogP contribution in [0.3, 0.4) is 0 Å². The number of fused-ring (bicyclic) bond motifs is 1. The van der Waals surface area contributed by atoms with Crippen molar-refractivity contribution in [3.8, 4) is 5.75 Å². The summed E-state index contributed by atoms with van der Waals surface area (Å²) in [6.07, 6.45) is 6.60. The number of aromatic nitrogens is 1. The third-order valence-corrected chi connectivity index (χ3v) is 7.97. The molecule has 1 fully saturated rings. The zero-order valence-corrected chi connectivity index (χ0v) is 26.4. The van der Waals surface area contributed by atoms with E-state index in [9.17, 15) is 9.59 Å². The summed E-state index contributed by atoms with van der Waals surface area (Å²) >= 11 is 0. The highest BCUT2D eigenvalue weighted by Crippen LogP contribution is 2.35. The van der Waals surface area contributed by atoms with Crippen molar-refractivity contribution in [2.24, 2.45) is 0 Å². The fourth-order valence-electron chi connectivity index (χ4n) is 5.99. The molecule has 0 bridgehead atoms. The molecule has 7 heteroatoms. The lowest BCUT2D eigenvalue weighted by Crippen LogP contribution is -2.34. The maximum atomic E-state index is 13.7. The molecule has 5 rings (SSSR count). The van der Waals surface area contributed by atoms with Gasteiger partial charge in [0.05, 0.1) is 19.1 Å². The van der Waals surface area contributed by atoms with Crippen LogP contribution in [0.2, 0.25) is 0 Å². The standard InChI is InChI=1S/C37H45N3O4/c1-5-43-29-16-17-30(33(24-29)40-20-10-7-11-21-40)36(27-12-8-6-9-13-27)39-34(41)23-26-14-18-32-31(22-26)28(25-38-32)15-19-35(42)44-37(2,3)4/h6,8-9,12-14,16-18,22,24-25,36,38H,5,7,10-11,15,19-21,23H2,1-4H3,(H,39,41). The van der Waals surface area contributed by atoms with Crippen LogP contribution in [0, 0.1) is 0 Å². The van der Waals surface area contributed by atoms with Crippen LogP contribution in [0.5, 0.6) is 5.75 Å². The van der Waals surface area contributed by atoms with E-state index in [2.05, 4.69) is 45.5 Å². The van der Waals surface area contributed by atoms with Crippen molar-refractivity contribution in [3.05, 3.63) is 95.2 Å². The van der Waals surface area contributed by atoms with Crippen LogP contribution in [0.4, 0.5) is 5.69 Å². The number of hydrogen-bond donors (Lipinski definition) is 2. The number of H-pyrrole nitrogens is 1. The number of carbonyl (C=O) groups excluding carboxylic acids is 2. The van der Waals surface area contributed by atoms with Crippen molar-refractivity contribution >= 4 is 28.5 Å². The summed E-state index contributed by atoms with van der Waals surface area (Å²) in [5.41, 5.74) is 5.66. The zero-order valence-electron chi connectivity index (χ0n) is 26.4. The molecule has 2 N–H and O–H groups in total. The number of hydrogen-bond acceptors (Lipinski definition) is 5. The Morgan fingerprint density at radius 1 is 0.977 bits per heavy atom. The minimum Gasteiger partial charge on any atom is -0.494 e. The average molecular weight is 596 g/mol. The molecule has 1 unspecified atom stereocenters. The fourth-order valence-corrected chi connectivity index (χ4v) is 5.99. The molecule has 2 heterocycles. The quantitative estimate of drug-likeness (QED) is 0.178. The molecule has 7 nitrogen and oxygen atoms in total. The van der Waals surface area contributed by atoms with Crippen molar-refractivity contribution in [1.29, 1.82) is 0 Å². The Balaban J connectivity index is 1.38. The van der Waals surface area contributed by atoms with Crippen LogP contribution in [0.15, 0.2) is 72.9 Å². The van der Waals surface area contributed by atoms with E-state index < -0.39 is 5.60 Å². The van der Waals surface area contributed by atoms with Gasteiger partial charge in [-0.25, -0.2) is 0 Å². The monoisotopic (exact) mass is 595 g/mol. The third-order valence-electron chi connectivity index (χ3n) is 7.97. The van der Waals surface area contributed by atoms with Gasteiger partial charge in [-0.05, 0) is 88.3 Å². The summed E-state index contributed by atoms with van der Waals surface area (Å²) in [6.45, 7) is 10.2. The smallest absolute Gasteiger partial charge is 0.306 e. The van der Waals surface area contributed by atoms with Crippen LogP contribution in [0.1, 0.15) is 81.7 Å². The maximum absolute atomic E-state index is 13.7. The minimum absolute atomic E-state index is 0.0532. The maximum Gasteiger partial charge on any atom is 0.306 e. The first kappa shape index (κ1) is 31.2. The van der Waals surface area contributed by atoms with Gasteiger partial charge in [0.2, 0.25) is 5.91 Å². The van der Waals surface area contributed by atoms with E-state index in [1.54, 1.807) is 0 Å². The lowest BCUT2D eigenvalue weighted by molar-refractivity contribution is -0.154. The Labute approximate surface area is 260 Å². The van der Waals surface area contributed by atoms with Gasteiger partial charge >= 0.3 is 5.97 Å². The largest absolute Gasteiger partial charge is 0.494 e. The fraction of sp³-hybridized carbons (Fsp3) is 0.405. The third kappa shape index (κ3) is 8.01. The van der Waals surface area contributed by atoms with Crippen LogP contribution in [-0.2, 0) is 27.2 Å². The lowest BCUT2D eigenvalue weighted by Gasteiger charge is -2.33. The molecule has 0 radical (unpaired) electrons. The number of esters is 1. The molecule has 44 heavy (non-hydrogen) atoms. The number of aromatic amines is 1. The van der Waals surface area contributed by atoms with Gasteiger partial charge in [0.25, 0.3) is 0 Å². The molecule has 1 amide bonds. The van der Waals surface area contributed by atoms with Crippen molar-refractivity contribution in [3.63, 3.8) is 0 Å². The molecule has 232 valence electrons. The van der Waals surface area contributed by atoms with Crippen molar-refractivity contribution in [2.75, 3.05) is 24.6 Å². The predicted molar refractivity (Wildman–Crippen MR) is 176 cm³/mol. The zero-order chi connectivity index (χ0) is 31.1. The van der Waals surface area contributed by atoms with Gasteiger partial charge in [0.15, 0.2) is 0 Å². The summed E-state index contributed by atoms with van der Waals surface area (Å²) in [5.74, 6) is 0.576. The highest BCUT2D eigenvalue weighted by atomic mass is 16.6. The van der Waals surface area contributed by atoms with Crippen molar-refractivity contribution < 1.29 is 19.1 Å². The number of anilines is 1. The number of piperidine rings is 1. The second-order valence-corrected chi connectivity index (χ2v) is 12.6. The van der Waals surface area contributed by atoms with E-state index in [0.717, 1.165) is 70.5 Å². The number of carbonyl (C=O) groups is 2. The molecule has 0 spiro atoms. The molecule has 4 aromatic rings. The molecule has 3 aromatic carbocycles. The van der Waals surface area contributed by atoms with E-state index in [1.807, 2.05) is 70.3 Å². The Hall–Kier alpha value is -4.26. The van der Waals surface area contributed by atoms with E-state index in [1.165, 1.54) is 6.42 Å². The van der Waals surface area contributed by atoms with Gasteiger partial charge in [-0.3, -0.25) is 9.59 Å². The summed E-state index contributed by atoms with van der Waals surface area (Å²) in [5, 5.41) is 4.40. The van der Waals surface area contributed by atoms with Gasteiger partial charge in [-0.1, -0.05) is 42.5 Å². The Morgan fingerprint density at radius 2 is 1.75 bits per heavy atom. The first-order chi connectivity index (χ1) is 21.2. The topological polar surface area (TPSA) is 83.7 Å². The van der Waals surface area contributed by atoms with Gasteiger partial charge in [0.1, 0.15) is 11.4 Å². The highest BCUT2D eigenvalue weighted by molar-refractivity contribution is 5.87. The van der Waals surface area contributed by atoms with E-state index in [0.29, 0.717) is 19.4 Å². The molecule has 0 saturated carbocycles. The van der Waals surface area contributed by atoms with Gasteiger partial charge in [-0.2, -0.15) is 0 Å². The normalized spacial score (nSPS) is 14.3.